The Morgan fingerprint density at radius 2 is 2.06 bits per heavy atom. The number of hydrogen-bond donors (Lipinski definition) is 2. The smallest absolute Gasteiger partial charge is 0.189 e. The number of hydrogen-bond acceptors (Lipinski definition) is 1. The summed E-state index contributed by atoms with van der Waals surface area (Å²) in [7, 11) is 0. The van der Waals surface area contributed by atoms with Gasteiger partial charge in [0, 0.05) is 15.0 Å². The topological polar surface area (TPSA) is 50.4 Å². The van der Waals surface area contributed by atoms with Crippen molar-refractivity contribution in [1.29, 1.82) is 0 Å². The van der Waals surface area contributed by atoms with Crippen molar-refractivity contribution in [2.75, 3.05) is 0 Å². The highest BCUT2D eigenvalue weighted by molar-refractivity contribution is 14.0. The van der Waals surface area contributed by atoms with Crippen LogP contribution in [0.1, 0.15) is 26.3 Å². The first-order chi connectivity index (χ1) is 7.78. The van der Waals surface area contributed by atoms with Crippen LogP contribution in [-0.4, -0.2) is 11.5 Å². The molecule has 3 nitrogen and oxygen atoms in total. The number of halogens is 3. The first-order valence-electron chi connectivity index (χ1n) is 5.30. The van der Waals surface area contributed by atoms with Crippen LogP contribution in [-0.2, 0) is 6.54 Å². The van der Waals surface area contributed by atoms with E-state index < -0.39 is 0 Å². The van der Waals surface area contributed by atoms with Gasteiger partial charge in [-0.1, -0.05) is 33.6 Å². The Hall–Kier alpha value is -0.0100. The monoisotopic (exact) mass is 445 g/mol. The van der Waals surface area contributed by atoms with E-state index in [9.17, 15) is 0 Å². The molecule has 0 aliphatic rings. The van der Waals surface area contributed by atoms with Crippen molar-refractivity contribution in [2.45, 2.75) is 32.9 Å². The van der Waals surface area contributed by atoms with E-state index in [1.54, 1.807) is 0 Å². The molecular formula is C12H18BrClIN3. The summed E-state index contributed by atoms with van der Waals surface area (Å²) in [4.78, 5) is 4.25. The SMILES string of the molecule is CC(C)(C)NC(N)=NCc1ccc(Br)cc1Cl.I. The molecule has 0 atom stereocenters. The number of benzene rings is 1. The zero-order valence-corrected chi connectivity index (χ0v) is 15.3. The maximum absolute atomic E-state index is 6.09. The molecule has 0 aliphatic heterocycles. The highest BCUT2D eigenvalue weighted by Gasteiger charge is 2.09. The third-order valence-electron chi connectivity index (χ3n) is 1.94. The van der Waals surface area contributed by atoms with Gasteiger partial charge in [-0.05, 0) is 38.5 Å². The molecule has 3 N–H and O–H groups in total. The standard InChI is InChI=1S/C12H17BrClN3.HI/c1-12(2,3)17-11(15)16-7-8-4-5-9(13)6-10(8)14;/h4-6H,7H2,1-3H3,(H3,15,16,17);1H. The fourth-order valence-corrected chi connectivity index (χ4v) is 1.98. The average Bonchev–Trinajstić information content (AvgIpc) is 2.13. The maximum Gasteiger partial charge on any atom is 0.189 e. The summed E-state index contributed by atoms with van der Waals surface area (Å²) in [6, 6.07) is 5.71. The van der Waals surface area contributed by atoms with Gasteiger partial charge in [-0.25, -0.2) is 4.99 Å². The lowest BCUT2D eigenvalue weighted by Crippen LogP contribution is -2.44. The number of nitrogens with one attached hydrogen (secondary N) is 1. The Kier molecular flexibility index (Phi) is 7.54. The average molecular weight is 447 g/mol. The largest absolute Gasteiger partial charge is 0.370 e. The first-order valence-corrected chi connectivity index (χ1v) is 6.47. The van der Waals surface area contributed by atoms with E-state index in [2.05, 4.69) is 26.2 Å². The van der Waals surface area contributed by atoms with Gasteiger partial charge in [-0.15, -0.1) is 24.0 Å². The Balaban J connectivity index is 0.00000289. The van der Waals surface area contributed by atoms with E-state index in [1.165, 1.54) is 0 Å². The van der Waals surface area contributed by atoms with Crippen molar-refractivity contribution in [3.8, 4) is 0 Å². The lowest BCUT2D eigenvalue weighted by atomic mass is 10.1. The van der Waals surface area contributed by atoms with Gasteiger partial charge in [-0.2, -0.15) is 0 Å². The molecule has 18 heavy (non-hydrogen) atoms. The van der Waals surface area contributed by atoms with Gasteiger partial charge in [0.2, 0.25) is 0 Å². The van der Waals surface area contributed by atoms with E-state index >= 15 is 0 Å². The van der Waals surface area contributed by atoms with Gasteiger partial charge in [0.15, 0.2) is 5.96 Å². The third-order valence-corrected chi connectivity index (χ3v) is 2.78. The molecule has 1 rings (SSSR count). The first kappa shape index (κ1) is 18.0. The van der Waals surface area contributed by atoms with Crippen LogP contribution in [0, 0.1) is 0 Å². The summed E-state index contributed by atoms with van der Waals surface area (Å²) in [5.41, 5.74) is 6.64. The van der Waals surface area contributed by atoms with E-state index in [1.807, 2.05) is 39.0 Å². The summed E-state index contributed by atoms with van der Waals surface area (Å²) in [6.07, 6.45) is 0. The second kappa shape index (κ2) is 7.55. The minimum Gasteiger partial charge on any atom is -0.370 e. The van der Waals surface area contributed by atoms with Crippen LogP contribution in [0.5, 0.6) is 0 Å². The Labute approximate surface area is 139 Å². The van der Waals surface area contributed by atoms with Gasteiger partial charge in [0.25, 0.3) is 0 Å². The lowest BCUT2D eigenvalue weighted by molar-refractivity contribution is 0.508. The van der Waals surface area contributed by atoms with Crippen LogP contribution in [0.2, 0.25) is 5.02 Å². The molecule has 6 heteroatoms. The van der Waals surface area contributed by atoms with Crippen molar-refractivity contribution in [2.24, 2.45) is 10.7 Å². The second-order valence-corrected chi connectivity index (χ2v) is 6.14. The molecule has 0 unspecified atom stereocenters. The number of nitrogens with two attached hydrogens (primary N) is 1. The van der Waals surface area contributed by atoms with Crippen molar-refractivity contribution in [3.05, 3.63) is 33.3 Å². The summed E-state index contributed by atoms with van der Waals surface area (Å²) >= 11 is 9.44. The molecule has 102 valence electrons. The van der Waals surface area contributed by atoms with E-state index in [4.69, 9.17) is 17.3 Å². The molecule has 1 aromatic carbocycles. The van der Waals surface area contributed by atoms with Crippen LogP contribution in [0.15, 0.2) is 27.7 Å². The van der Waals surface area contributed by atoms with Crippen LogP contribution in [0.4, 0.5) is 0 Å². The molecule has 0 amide bonds. The molecule has 0 fully saturated rings. The molecule has 0 aliphatic carbocycles. The molecule has 0 saturated carbocycles. The maximum atomic E-state index is 6.09. The van der Waals surface area contributed by atoms with Crippen molar-refractivity contribution in [1.82, 2.24) is 5.32 Å². The molecule has 0 spiro atoms. The second-order valence-electron chi connectivity index (χ2n) is 4.81. The fraction of sp³-hybridized carbons (Fsp3) is 0.417. The van der Waals surface area contributed by atoms with E-state index in [0.29, 0.717) is 17.5 Å². The van der Waals surface area contributed by atoms with Crippen LogP contribution >= 0.6 is 51.5 Å². The summed E-state index contributed by atoms with van der Waals surface area (Å²) in [5, 5.41) is 3.78. The van der Waals surface area contributed by atoms with Gasteiger partial charge in [0.1, 0.15) is 0 Å². The number of guanidine groups is 1. The Morgan fingerprint density at radius 1 is 1.44 bits per heavy atom. The van der Waals surface area contributed by atoms with E-state index in [0.717, 1.165) is 10.0 Å². The summed E-state index contributed by atoms with van der Waals surface area (Å²) in [5.74, 6) is 0.427. The minimum atomic E-state index is -0.0862. The van der Waals surface area contributed by atoms with Crippen molar-refractivity contribution >= 4 is 57.5 Å². The van der Waals surface area contributed by atoms with Crippen molar-refractivity contribution in [3.63, 3.8) is 0 Å². The van der Waals surface area contributed by atoms with E-state index in [-0.39, 0.29) is 29.5 Å². The number of nitrogens with zero attached hydrogens (tertiary/aromatic N) is 1. The van der Waals surface area contributed by atoms with Crippen molar-refractivity contribution < 1.29 is 0 Å². The number of aliphatic imine (C=N–C) groups is 1. The van der Waals surface area contributed by atoms with Gasteiger partial charge >= 0.3 is 0 Å². The third kappa shape index (κ3) is 6.80. The molecule has 0 aromatic heterocycles. The van der Waals surface area contributed by atoms with Gasteiger partial charge in [0.05, 0.1) is 6.54 Å². The van der Waals surface area contributed by atoms with Crippen LogP contribution < -0.4 is 11.1 Å². The molecular weight excluding hydrogens is 428 g/mol. The fourth-order valence-electron chi connectivity index (χ4n) is 1.24. The Bertz CT molecular complexity index is 430. The molecule has 0 saturated heterocycles. The molecule has 0 bridgehead atoms. The predicted octanol–water partition coefficient (Wildman–Crippen LogP) is 3.92. The normalized spacial score (nSPS) is 11.9. The Morgan fingerprint density at radius 3 is 2.56 bits per heavy atom. The lowest BCUT2D eigenvalue weighted by Gasteiger charge is -2.21. The highest BCUT2D eigenvalue weighted by Crippen LogP contribution is 2.21. The quantitative estimate of drug-likeness (QED) is 0.411. The van der Waals surface area contributed by atoms with Gasteiger partial charge < -0.3 is 11.1 Å². The molecule has 1 aromatic rings. The minimum absolute atomic E-state index is 0. The van der Waals surface area contributed by atoms with Crippen LogP contribution in [0.25, 0.3) is 0 Å². The zero-order chi connectivity index (χ0) is 13.1. The predicted molar refractivity (Wildman–Crippen MR) is 92.8 cm³/mol. The summed E-state index contributed by atoms with van der Waals surface area (Å²) in [6.45, 7) is 6.56. The molecule has 0 heterocycles. The van der Waals surface area contributed by atoms with Gasteiger partial charge in [-0.3, -0.25) is 0 Å². The summed E-state index contributed by atoms with van der Waals surface area (Å²) < 4.78 is 0.955. The number of rotatable bonds is 2. The zero-order valence-electron chi connectivity index (χ0n) is 10.6. The van der Waals surface area contributed by atoms with Crippen LogP contribution in [0.3, 0.4) is 0 Å². The molecule has 0 radical (unpaired) electrons. The highest BCUT2D eigenvalue weighted by atomic mass is 127.